The third kappa shape index (κ3) is 5.47. The van der Waals surface area contributed by atoms with Crippen LogP contribution in [0.15, 0.2) is 36.4 Å². The second-order valence-electron chi connectivity index (χ2n) is 5.83. The van der Waals surface area contributed by atoms with E-state index in [2.05, 4.69) is 5.32 Å². The molecule has 2 rings (SSSR count). The fraction of sp³-hybridized carbons (Fsp3) is 0.263. The first-order chi connectivity index (χ1) is 12.8. The van der Waals surface area contributed by atoms with Crippen molar-refractivity contribution in [2.75, 3.05) is 7.11 Å². The second kappa shape index (κ2) is 9.07. The van der Waals surface area contributed by atoms with E-state index in [9.17, 15) is 27.9 Å². The molecular weight excluding hydrogens is 363 g/mol. The van der Waals surface area contributed by atoms with Crippen molar-refractivity contribution in [1.29, 1.82) is 0 Å². The minimum atomic E-state index is -1.42. The Morgan fingerprint density at radius 3 is 2.41 bits per heavy atom. The minimum Gasteiger partial charge on any atom is -0.494 e. The third-order valence-electron chi connectivity index (χ3n) is 3.91. The lowest BCUT2D eigenvalue weighted by Gasteiger charge is -2.16. The topological polar surface area (TPSA) is 75.6 Å². The van der Waals surface area contributed by atoms with Gasteiger partial charge in [-0.05, 0) is 48.2 Å². The zero-order chi connectivity index (χ0) is 20.0. The Balaban J connectivity index is 1.95. The standard InChI is InChI=1S/C19H18F3NO4/c1-27-16-8-6-12(10-15(16)22)18(19(25)26)23-17(24)4-2-3-11-5-7-13(20)14(21)9-11/h5-10,18H,2-4H2,1H3,(H,23,24)(H,25,26). The smallest absolute Gasteiger partial charge is 0.330 e. The van der Waals surface area contributed by atoms with Gasteiger partial charge < -0.3 is 15.2 Å². The molecule has 144 valence electrons. The van der Waals surface area contributed by atoms with E-state index in [1.165, 1.54) is 25.3 Å². The van der Waals surface area contributed by atoms with E-state index in [1.807, 2.05) is 0 Å². The maximum atomic E-state index is 13.8. The normalized spacial score (nSPS) is 11.7. The van der Waals surface area contributed by atoms with Gasteiger partial charge in [-0.2, -0.15) is 0 Å². The van der Waals surface area contributed by atoms with E-state index in [-0.39, 0.29) is 17.7 Å². The Morgan fingerprint density at radius 1 is 1.07 bits per heavy atom. The Kier molecular flexibility index (Phi) is 6.81. The number of hydrogen-bond acceptors (Lipinski definition) is 3. The fourth-order valence-corrected chi connectivity index (χ4v) is 2.53. The first-order valence-electron chi connectivity index (χ1n) is 8.11. The summed E-state index contributed by atoms with van der Waals surface area (Å²) in [6.45, 7) is 0. The van der Waals surface area contributed by atoms with E-state index < -0.39 is 35.4 Å². The molecule has 0 saturated heterocycles. The summed E-state index contributed by atoms with van der Waals surface area (Å²) in [5.41, 5.74) is 0.587. The molecule has 27 heavy (non-hydrogen) atoms. The van der Waals surface area contributed by atoms with Gasteiger partial charge in [0.15, 0.2) is 29.2 Å². The first-order valence-corrected chi connectivity index (χ1v) is 8.11. The predicted molar refractivity (Wildman–Crippen MR) is 90.8 cm³/mol. The summed E-state index contributed by atoms with van der Waals surface area (Å²) in [6.07, 6.45) is 0.598. The molecule has 2 aromatic carbocycles. The number of carbonyl (C=O) groups excluding carboxylic acids is 1. The lowest BCUT2D eigenvalue weighted by molar-refractivity contribution is -0.142. The largest absolute Gasteiger partial charge is 0.494 e. The van der Waals surface area contributed by atoms with Crippen LogP contribution >= 0.6 is 0 Å². The Bertz CT molecular complexity index is 842. The van der Waals surface area contributed by atoms with Gasteiger partial charge in [0.05, 0.1) is 7.11 Å². The SMILES string of the molecule is COc1ccc(C(NC(=O)CCCc2ccc(F)c(F)c2)C(=O)O)cc1F. The van der Waals surface area contributed by atoms with Crippen LogP contribution in [0, 0.1) is 17.5 Å². The summed E-state index contributed by atoms with van der Waals surface area (Å²) in [7, 11) is 1.28. The van der Waals surface area contributed by atoms with Gasteiger partial charge in [-0.1, -0.05) is 12.1 Å². The van der Waals surface area contributed by atoms with Crippen molar-refractivity contribution in [2.24, 2.45) is 0 Å². The predicted octanol–water partition coefficient (Wildman–Crippen LogP) is 3.38. The number of carboxylic acids is 1. The van der Waals surface area contributed by atoms with Crippen LogP contribution in [-0.4, -0.2) is 24.1 Å². The van der Waals surface area contributed by atoms with Crippen molar-refractivity contribution in [3.63, 3.8) is 0 Å². The molecule has 0 radical (unpaired) electrons. The van der Waals surface area contributed by atoms with Crippen molar-refractivity contribution in [1.82, 2.24) is 5.32 Å². The maximum absolute atomic E-state index is 13.8. The minimum absolute atomic E-state index is 0.0264. The summed E-state index contributed by atoms with van der Waals surface area (Å²) < 4.78 is 44.6. The first kappa shape index (κ1) is 20.3. The van der Waals surface area contributed by atoms with Gasteiger partial charge in [-0.15, -0.1) is 0 Å². The van der Waals surface area contributed by atoms with Gasteiger partial charge >= 0.3 is 5.97 Å². The third-order valence-corrected chi connectivity index (χ3v) is 3.91. The number of nitrogens with one attached hydrogen (secondary N) is 1. The van der Waals surface area contributed by atoms with Crippen molar-refractivity contribution >= 4 is 11.9 Å². The molecule has 0 aliphatic carbocycles. The number of carboxylic acid groups (broad SMARTS) is 1. The Morgan fingerprint density at radius 2 is 1.81 bits per heavy atom. The molecule has 0 aromatic heterocycles. The van der Waals surface area contributed by atoms with Gasteiger partial charge in [0.1, 0.15) is 0 Å². The highest BCUT2D eigenvalue weighted by Gasteiger charge is 2.23. The number of rotatable bonds is 8. The van der Waals surface area contributed by atoms with Gasteiger partial charge in [-0.25, -0.2) is 18.0 Å². The molecule has 1 unspecified atom stereocenters. The average molecular weight is 381 g/mol. The van der Waals surface area contributed by atoms with Crippen LogP contribution < -0.4 is 10.1 Å². The Labute approximate surface area is 153 Å². The monoisotopic (exact) mass is 381 g/mol. The molecule has 0 saturated carbocycles. The quantitative estimate of drug-likeness (QED) is 0.735. The maximum Gasteiger partial charge on any atom is 0.330 e. The lowest BCUT2D eigenvalue weighted by Crippen LogP contribution is -2.33. The van der Waals surface area contributed by atoms with E-state index in [0.717, 1.165) is 18.2 Å². The summed E-state index contributed by atoms with van der Waals surface area (Å²) >= 11 is 0. The van der Waals surface area contributed by atoms with Gasteiger partial charge in [0, 0.05) is 6.42 Å². The molecule has 0 bridgehead atoms. The molecule has 1 atom stereocenters. The number of hydrogen-bond donors (Lipinski definition) is 2. The zero-order valence-electron chi connectivity index (χ0n) is 14.5. The molecular formula is C19H18F3NO4. The van der Waals surface area contributed by atoms with Crippen LogP contribution in [-0.2, 0) is 16.0 Å². The number of carbonyl (C=O) groups is 2. The van der Waals surface area contributed by atoms with Crippen LogP contribution in [0.3, 0.4) is 0 Å². The highest BCUT2D eigenvalue weighted by Crippen LogP contribution is 2.22. The molecule has 2 aromatic rings. The lowest BCUT2D eigenvalue weighted by atomic mass is 10.0. The van der Waals surface area contributed by atoms with Crippen LogP contribution in [0.5, 0.6) is 5.75 Å². The Hall–Kier alpha value is -3.03. The molecule has 8 heteroatoms. The molecule has 0 fully saturated rings. The molecule has 0 spiro atoms. The summed E-state index contributed by atoms with van der Waals surface area (Å²) in [5, 5.41) is 11.6. The number of ether oxygens (including phenoxy) is 1. The second-order valence-corrected chi connectivity index (χ2v) is 5.83. The van der Waals surface area contributed by atoms with E-state index >= 15 is 0 Å². The summed E-state index contributed by atoms with van der Waals surface area (Å²) in [5.74, 6) is -4.60. The summed E-state index contributed by atoms with van der Waals surface area (Å²) in [4.78, 5) is 23.4. The van der Waals surface area contributed by atoms with E-state index in [1.54, 1.807) is 0 Å². The highest BCUT2D eigenvalue weighted by atomic mass is 19.2. The number of benzene rings is 2. The van der Waals surface area contributed by atoms with Gasteiger partial charge in [-0.3, -0.25) is 4.79 Å². The van der Waals surface area contributed by atoms with Crippen molar-refractivity contribution in [3.8, 4) is 5.75 Å². The van der Waals surface area contributed by atoms with Crippen LogP contribution in [0.2, 0.25) is 0 Å². The number of amides is 1. The molecule has 0 aliphatic heterocycles. The van der Waals surface area contributed by atoms with E-state index in [4.69, 9.17) is 4.74 Å². The molecule has 0 heterocycles. The molecule has 5 nitrogen and oxygen atoms in total. The summed E-state index contributed by atoms with van der Waals surface area (Å²) in [6, 6.07) is 5.66. The number of methoxy groups -OCH3 is 1. The van der Waals surface area contributed by atoms with Gasteiger partial charge in [0.25, 0.3) is 0 Å². The van der Waals surface area contributed by atoms with Crippen LogP contribution in [0.1, 0.15) is 30.0 Å². The average Bonchev–Trinajstić information content (AvgIpc) is 2.62. The van der Waals surface area contributed by atoms with E-state index in [0.29, 0.717) is 18.4 Å². The zero-order valence-corrected chi connectivity index (χ0v) is 14.5. The number of aliphatic carboxylic acids is 1. The molecule has 1 amide bonds. The van der Waals surface area contributed by atoms with Crippen molar-refractivity contribution < 1.29 is 32.6 Å². The van der Waals surface area contributed by atoms with Crippen LogP contribution in [0.25, 0.3) is 0 Å². The van der Waals surface area contributed by atoms with Crippen molar-refractivity contribution in [3.05, 3.63) is 65.0 Å². The fourth-order valence-electron chi connectivity index (χ4n) is 2.53. The van der Waals surface area contributed by atoms with Crippen molar-refractivity contribution in [2.45, 2.75) is 25.3 Å². The molecule has 2 N–H and O–H groups in total. The molecule has 0 aliphatic rings. The number of aryl methyl sites for hydroxylation is 1. The highest BCUT2D eigenvalue weighted by molar-refractivity contribution is 5.84. The van der Waals surface area contributed by atoms with Gasteiger partial charge in [0.2, 0.25) is 5.91 Å². The van der Waals surface area contributed by atoms with Crippen LogP contribution in [0.4, 0.5) is 13.2 Å². The number of halogens is 3.